The maximum atomic E-state index is 13.8. The average molecular weight is 531 g/mol. The van der Waals surface area contributed by atoms with Crippen LogP contribution in [-0.2, 0) is 29.3 Å². The standard InChI is InChI=1S/C27H34N2O7S/c1-6-35-24(32)27(21-15-11-17-37-21)22(30)18-12-7-8-14-20(18)29(27)16-10-9-13-19(23(31)34-5)28-25(33)36-26(2,3)4/h7-8,11-12,14-15,17,19H,6,9-10,13,16H2,1-5H3,(H,28,33)/t19-,27+/m0/s1. The van der Waals surface area contributed by atoms with Crippen LogP contribution in [0.1, 0.15) is 62.2 Å². The van der Waals surface area contributed by atoms with Crippen molar-refractivity contribution in [1.29, 1.82) is 0 Å². The number of methoxy groups -OCH3 is 1. The Morgan fingerprint density at radius 1 is 1.11 bits per heavy atom. The fraction of sp³-hybridized carbons (Fsp3) is 0.481. The van der Waals surface area contributed by atoms with Crippen LogP contribution in [0.4, 0.5) is 10.5 Å². The number of carbonyl (C=O) groups excluding carboxylic acids is 4. The maximum absolute atomic E-state index is 13.8. The van der Waals surface area contributed by atoms with Gasteiger partial charge in [0, 0.05) is 22.7 Å². The second-order valence-corrected chi connectivity index (χ2v) is 10.6. The number of hydrogen-bond donors (Lipinski definition) is 1. The lowest BCUT2D eigenvalue weighted by atomic mass is 9.90. The number of ketones is 1. The summed E-state index contributed by atoms with van der Waals surface area (Å²) in [6.45, 7) is 7.40. The summed E-state index contributed by atoms with van der Waals surface area (Å²) in [6.07, 6.45) is 0.616. The Labute approximate surface area is 221 Å². The predicted molar refractivity (Wildman–Crippen MR) is 140 cm³/mol. The molecule has 1 aliphatic rings. The minimum Gasteiger partial charge on any atom is -0.467 e. The Morgan fingerprint density at radius 2 is 1.84 bits per heavy atom. The van der Waals surface area contributed by atoms with Crippen molar-refractivity contribution >= 4 is 40.8 Å². The van der Waals surface area contributed by atoms with E-state index in [1.165, 1.54) is 18.4 Å². The van der Waals surface area contributed by atoms with Crippen LogP contribution >= 0.6 is 11.3 Å². The Kier molecular flexibility index (Phi) is 8.96. The van der Waals surface area contributed by atoms with Crippen molar-refractivity contribution in [2.45, 2.75) is 64.1 Å². The first kappa shape index (κ1) is 28.2. The molecule has 1 N–H and O–H groups in total. The van der Waals surface area contributed by atoms with E-state index in [-0.39, 0.29) is 12.4 Å². The smallest absolute Gasteiger partial charge is 0.408 e. The molecule has 9 nitrogen and oxygen atoms in total. The summed E-state index contributed by atoms with van der Waals surface area (Å²) < 4.78 is 15.6. The molecule has 10 heteroatoms. The average Bonchev–Trinajstić information content (AvgIpc) is 3.46. The first-order chi connectivity index (χ1) is 17.6. The van der Waals surface area contributed by atoms with E-state index in [2.05, 4.69) is 5.32 Å². The van der Waals surface area contributed by atoms with Gasteiger partial charge in [-0.25, -0.2) is 14.4 Å². The van der Waals surface area contributed by atoms with Gasteiger partial charge in [0.25, 0.3) is 0 Å². The number of alkyl carbamates (subject to hydrolysis) is 1. The molecule has 2 aromatic rings. The summed E-state index contributed by atoms with van der Waals surface area (Å²) in [5.74, 6) is -1.51. The number of Topliss-reactive ketones (excluding diaryl/α,β-unsaturated/α-hetero) is 1. The number of hydrogen-bond acceptors (Lipinski definition) is 9. The molecular formula is C27H34N2O7S. The molecule has 0 saturated heterocycles. The van der Waals surface area contributed by atoms with E-state index in [1.807, 2.05) is 22.4 Å². The van der Waals surface area contributed by atoms with Crippen LogP contribution < -0.4 is 10.2 Å². The molecule has 1 amide bonds. The summed E-state index contributed by atoms with van der Waals surface area (Å²) in [5, 5.41) is 4.40. The van der Waals surface area contributed by atoms with Gasteiger partial charge < -0.3 is 24.4 Å². The van der Waals surface area contributed by atoms with Gasteiger partial charge in [-0.3, -0.25) is 4.79 Å². The van der Waals surface area contributed by atoms with Crippen molar-refractivity contribution in [2.24, 2.45) is 0 Å². The monoisotopic (exact) mass is 530 g/mol. The lowest BCUT2D eigenvalue weighted by Gasteiger charge is -2.36. The Morgan fingerprint density at radius 3 is 2.46 bits per heavy atom. The molecule has 1 aliphatic heterocycles. The van der Waals surface area contributed by atoms with Crippen LogP contribution in [0, 0.1) is 0 Å². The zero-order valence-corrected chi connectivity index (χ0v) is 22.7. The van der Waals surface area contributed by atoms with Gasteiger partial charge in [-0.05, 0) is 70.5 Å². The van der Waals surface area contributed by atoms with Crippen molar-refractivity contribution in [3.63, 3.8) is 0 Å². The normalized spacial score (nSPS) is 17.6. The molecule has 200 valence electrons. The van der Waals surface area contributed by atoms with E-state index in [1.54, 1.807) is 52.0 Å². The third kappa shape index (κ3) is 5.95. The second-order valence-electron chi connectivity index (χ2n) is 9.62. The van der Waals surface area contributed by atoms with E-state index in [0.29, 0.717) is 41.9 Å². The highest BCUT2D eigenvalue weighted by molar-refractivity contribution is 7.10. The summed E-state index contributed by atoms with van der Waals surface area (Å²) in [5.41, 5.74) is -1.20. The number of anilines is 1. The molecule has 0 spiro atoms. The first-order valence-electron chi connectivity index (χ1n) is 12.3. The molecule has 0 unspecified atom stereocenters. The Bertz CT molecular complexity index is 1130. The van der Waals surface area contributed by atoms with Gasteiger partial charge in [-0.15, -0.1) is 11.3 Å². The van der Waals surface area contributed by atoms with E-state index in [9.17, 15) is 19.2 Å². The molecule has 0 aliphatic carbocycles. The quantitative estimate of drug-likeness (QED) is 0.208. The molecule has 2 heterocycles. The molecule has 2 atom stereocenters. The first-order valence-corrected chi connectivity index (χ1v) is 13.1. The summed E-state index contributed by atoms with van der Waals surface area (Å²) in [4.78, 5) is 54.1. The molecule has 37 heavy (non-hydrogen) atoms. The Balaban J connectivity index is 1.81. The number of nitrogens with one attached hydrogen (secondary N) is 1. The third-order valence-electron chi connectivity index (χ3n) is 5.92. The fourth-order valence-corrected chi connectivity index (χ4v) is 5.33. The van der Waals surface area contributed by atoms with E-state index in [0.717, 1.165) is 0 Å². The van der Waals surface area contributed by atoms with Crippen LogP contribution in [0.2, 0.25) is 0 Å². The number of fused-ring (bicyclic) bond motifs is 1. The zero-order valence-electron chi connectivity index (χ0n) is 21.9. The van der Waals surface area contributed by atoms with E-state index >= 15 is 0 Å². The van der Waals surface area contributed by atoms with Gasteiger partial charge >= 0.3 is 18.0 Å². The number of unbranched alkanes of at least 4 members (excludes halogenated alkanes) is 1. The van der Waals surface area contributed by atoms with Gasteiger partial charge in [0.15, 0.2) is 0 Å². The fourth-order valence-electron chi connectivity index (χ4n) is 4.42. The summed E-state index contributed by atoms with van der Waals surface area (Å²) in [6, 6.07) is 9.83. The molecule has 1 aromatic heterocycles. The number of para-hydroxylation sites is 1. The summed E-state index contributed by atoms with van der Waals surface area (Å²) in [7, 11) is 1.26. The largest absolute Gasteiger partial charge is 0.467 e. The maximum Gasteiger partial charge on any atom is 0.408 e. The van der Waals surface area contributed by atoms with Gasteiger partial charge in [0.05, 0.1) is 13.7 Å². The van der Waals surface area contributed by atoms with Crippen LogP contribution in [0.5, 0.6) is 0 Å². The van der Waals surface area contributed by atoms with Crippen molar-refractivity contribution in [3.8, 4) is 0 Å². The van der Waals surface area contributed by atoms with E-state index in [4.69, 9.17) is 14.2 Å². The van der Waals surface area contributed by atoms with Gasteiger partial charge in [-0.2, -0.15) is 0 Å². The second kappa shape index (κ2) is 11.8. The number of nitrogens with zero attached hydrogens (tertiary/aromatic N) is 1. The lowest BCUT2D eigenvalue weighted by Crippen LogP contribution is -2.54. The predicted octanol–water partition coefficient (Wildman–Crippen LogP) is 4.45. The number of ether oxygens (including phenoxy) is 3. The molecule has 1 aromatic carbocycles. The minimum atomic E-state index is -1.61. The molecule has 0 fully saturated rings. The molecule has 0 bridgehead atoms. The molecule has 3 rings (SSSR count). The number of esters is 2. The molecular weight excluding hydrogens is 496 g/mol. The van der Waals surface area contributed by atoms with Crippen LogP contribution in [-0.4, -0.2) is 55.7 Å². The molecule has 0 radical (unpaired) electrons. The SMILES string of the molecule is CCOC(=O)[C@@]1(c2cccs2)C(=O)c2ccccc2N1CCCC[C@H](NC(=O)OC(C)(C)C)C(=O)OC. The highest BCUT2D eigenvalue weighted by Crippen LogP contribution is 2.47. The number of rotatable bonds is 10. The third-order valence-corrected chi connectivity index (χ3v) is 6.90. The number of amides is 1. The highest BCUT2D eigenvalue weighted by atomic mass is 32.1. The van der Waals surface area contributed by atoms with Gasteiger partial charge in [0.2, 0.25) is 11.3 Å². The van der Waals surface area contributed by atoms with Crippen LogP contribution in [0.3, 0.4) is 0 Å². The van der Waals surface area contributed by atoms with Crippen molar-refractivity contribution in [1.82, 2.24) is 5.32 Å². The van der Waals surface area contributed by atoms with E-state index < -0.39 is 35.2 Å². The van der Waals surface area contributed by atoms with Crippen molar-refractivity contribution in [3.05, 3.63) is 52.2 Å². The van der Waals surface area contributed by atoms with Crippen LogP contribution in [0.25, 0.3) is 0 Å². The molecule has 0 saturated carbocycles. The summed E-state index contributed by atoms with van der Waals surface area (Å²) >= 11 is 1.33. The number of carbonyl (C=O) groups is 4. The topological polar surface area (TPSA) is 111 Å². The van der Waals surface area contributed by atoms with Crippen molar-refractivity contribution in [2.75, 3.05) is 25.2 Å². The number of thiophene rings is 1. The highest BCUT2D eigenvalue weighted by Gasteiger charge is 2.59. The number of benzene rings is 1. The van der Waals surface area contributed by atoms with Gasteiger partial charge in [0.1, 0.15) is 11.6 Å². The van der Waals surface area contributed by atoms with Crippen LogP contribution in [0.15, 0.2) is 41.8 Å². The Hall–Kier alpha value is -3.40. The zero-order chi connectivity index (χ0) is 27.2. The minimum absolute atomic E-state index is 0.139. The van der Waals surface area contributed by atoms with Crippen molar-refractivity contribution < 1.29 is 33.4 Å². The lowest BCUT2D eigenvalue weighted by molar-refractivity contribution is -0.148. The van der Waals surface area contributed by atoms with Gasteiger partial charge in [-0.1, -0.05) is 18.2 Å².